The maximum absolute atomic E-state index is 12.2. The van der Waals surface area contributed by atoms with Gasteiger partial charge in [0.05, 0.1) is 5.75 Å². The van der Waals surface area contributed by atoms with Crippen LogP contribution in [0.5, 0.6) is 0 Å². The molecule has 0 spiro atoms. The lowest BCUT2D eigenvalue weighted by molar-refractivity contribution is 0.419. The van der Waals surface area contributed by atoms with Gasteiger partial charge in [-0.25, -0.2) is 12.7 Å². The summed E-state index contributed by atoms with van der Waals surface area (Å²) in [6.07, 6.45) is 7.16. The first-order valence-electron chi connectivity index (χ1n) is 6.79. The summed E-state index contributed by atoms with van der Waals surface area (Å²) in [7, 11) is -3.13. The van der Waals surface area contributed by atoms with Crippen LogP contribution in [0.25, 0.3) is 0 Å². The molecule has 0 radical (unpaired) electrons. The van der Waals surface area contributed by atoms with Gasteiger partial charge in [0.15, 0.2) is 0 Å². The Morgan fingerprint density at radius 3 is 2.29 bits per heavy atom. The Morgan fingerprint density at radius 1 is 1.18 bits per heavy atom. The molecule has 0 bridgehead atoms. The summed E-state index contributed by atoms with van der Waals surface area (Å²) in [5, 5.41) is 0. The Labute approximate surface area is 106 Å². The number of hydrogen-bond acceptors (Lipinski definition) is 3. The molecular weight excluding hydrogens is 236 g/mol. The Bertz CT molecular complexity index is 296. The maximum atomic E-state index is 12.2. The lowest BCUT2D eigenvalue weighted by atomic mass is 10.2. The number of nitrogens with zero attached hydrogens (tertiary/aromatic N) is 1. The third kappa shape index (κ3) is 5.36. The van der Waals surface area contributed by atoms with Crippen molar-refractivity contribution < 1.29 is 8.42 Å². The predicted octanol–water partition coefficient (Wildman–Crippen LogP) is 1.71. The average molecular weight is 262 g/mol. The van der Waals surface area contributed by atoms with Gasteiger partial charge in [0.1, 0.15) is 0 Å². The molecule has 0 aromatic rings. The first-order chi connectivity index (χ1) is 8.06. The van der Waals surface area contributed by atoms with E-state index in [1.54, 1.807) is 4.31 Å². The first-order valence-corrected chi connectivity index (χ1v) is 8.40. The second kappa shape index (κ2) is 7.34. The van der Waals surface area contributed by atoms with Gasteiger partial charge >= 0.3 is 0 Å². The van der Waals surface area contributed by atoms with Crippen LogP contribution in [0.15, 0.2) is 0 Å². The molecule has 0 aliphatic carbocycles. The van der Waals surface area contributed by atoms with E-state index < -0.39 is 10.0 Å². The fourth-order valence-corrected chi connectivity index (χ4v) is 3.98. The molecule has 1 atom stereocenters. The maximum Gasteiger partial charge on any atom is 0.215 e. The van der Waals surface area contributed by atoms with Gasteiger partial charge in [0.2, 0.25) is 10.0 Å². The molecular formula is C12H26N2O2S. The molecule has 1 aliphatic heterocycles. The van der Waals surface area contributed by atoms with Gasteiger partial charge in [0, 0.05) is 19.1 Å². The third-order valence-electron chi connectivity index (χ3n) is 3.31. The fraction of sp³-hybridized carbons (Fsp3) is 1.00. The predicted molar refractivity (Wildman–Crippen MR) is 71.3 cm³/mol. The topological polar surface area (TPSA) is 63.4 Å². The van der Waals surface area contributed by atoms with Gasteiger partial charge in [-0.05, 0) is 19.3 Å². The van der Waals surface area contributed by atoms with E-state index in [2.05, 4.69) is 6.92 Å². The standard InChI is InChI=1S/C12H26N2O2S/c1-2-3-8-12(13)11-17(15,16)14-9-6-4-5-7-10-14/h12H,2-11,13H2,1H3. The minimum absolute atomic E-state index is 0.118. The summed E-state index contributed by atoms with van der Waals surface area (Å²) in [5.74, 6) is 0.118. The zero-order valence-electron chi connectivity index (χ0n) is 10.9. The molecule has 1 aliphatic rings. The minimum atomic E-state index is -3.13. The molecule has 0 aromatic heterocycles. The summed E-state index contributed by atoms with van der Waals surface area (Å²) >= 11 is 0. The molecule has 4 nitrogen and oxygen atoms in total. The number of sulfonamides is 1. The van der Waals surface area contributed by atoms with Gasteiger partial charge in [-0.15, -0.1) is 0 Å². The monoisotopic (exact) mass is 262 g/mol. The molecule has 1 fully saturated rings. The molecule has 1 unspecified atom stereocenters. The highest BCUT2D eigenvalue weighted by Gasteiger charge is 2.24. The Morgan fingerprint density at radius 2 is 1.76 bits per heavy atom. The average Bonchev–Trinajstić information content (AvgIpc) is 2.54. The van der Waals surface area contributed by atoms with Gasteiger partial charge in [-0.3, -0.25) is 0 Å². The van der Waals surface area contributed by atoms with E-state index in [-0.39, 0.29) is 11.8 Å². The molecule has 2 N–H and O–H groups in total. The molecule has 0 saturated carbocycles. The number of hydrogen-bond donors (Lipinski definition) is 1. The second-order valence-electron chi connectivity index (χ2n) is 4.99. The largest absolute Gasteiger partial charge is 0.327 e. The van der Waals surface area contributed by atoms with Gasteiger partial charge in [-0.1, -0.05) is 32.6 Å². The number of nitrogens with two attached hydrogens (primary N) is 1. The van der Waals surface area contributed by atoms with Gasteiger partial charge in [0.25, 0.3) is 0 Å². The SMILES string of the molecule is CCCCC(N)CS(=O)(=O)N1CCCCCC1. The van der Waals surface area contributed by atoms with Crippen LogP contribution in [-0.2, 0) is 10.0 Å². The highest BCUT2D eigenvalue weighted by molar-refractivity contribution is 7.89. The van der Waals surface area contributed by atoms with Crippen molar-refractivity contribution in [3.63, 3.8) is 0 Å². The molecule has 0 aromatic carbocycles. The smallest absolute Gasteiger partial charge is 0.215 e. The van der Waals surface area contributed by atoms with Crippen LogP contribution in [0, 0.1) is 0 Å². The van der Waals surface area contributed by atoms with Crippen LogP contribution in [0.4, 0.5) is 0 Å². The van der Waals surface area contributed by atoms with E-state index in [1.807, 2.05) is 0 Å². The van der Waals surface area contributed by atoms with Crippen LogP contribution < -0.4 is 5.73 Å². The highest BCUT2D eigenvalue weighted by atomic mass is 32.2. The zero-order valence-corrected chi connectivity index (χ0v) is 11.7. The van der Waals surface area contributed by atoms with E-state index in [1.165, 1.54) is 0 Å². The molecule has 1 heterocycles. The Kier molecular flexibility index (Phi) is 6.44. The van der Waals surface area contributed by atoms with Crippen LogP contribution in [0.3, 0.4) is 0 Å². The zero-order chi connectivity index (χ0) is 12.7. The number of unbranched alkanes of at least 4 members (excludes halogenated alkanes) is 1. The quantitative estimate of drug-likeness (QED) is 0.792. The Balaban J connectivity index is 2.48. The van der Waals surface area contributed by atoms with Crippen molar-refractivity contribution in [2.45, 2.75) is 57.9 Å². The Hall–Kier alpha value is -0.130. The van der Waals surface area contributed by atoms with E-state index in [0.29, 0.717) is 13.1 Å². The van der Waals surface area contributed by atoms with Crippen molar-refractivity contribution >= 4 is 10.0 Å². The summed E-state index contributed by atoms with van der Waals surface area (Å²) in [4.78, 5) is 0. The van der Waals surface area contributed by atoms with Gasteiger partial charge in [-0.2, -0.15) is 0 Å². The van der Waals surface area contributed by atoms with E-state index >= 15 is 0 Å². The lowest BCUT2D eigenvalue weighted by Crippen LogP contribution is -2.40. The summed E-state index contributed by atoms with van der Waals surface area (Å²) in [6, 6.07) is -0.205. The van der Waals surface area contributed by atoms with Crippen molar-refractivity contribution in [2.75, 3.05) is 18.8 Å². The minimum Gasteiger partial charge on any atom is -0.327 e. The van der Waals surface area contributed by atoms with Crippen LogP contribution in [-0.4, -0.2) is 37.6 Å². The molecule has 17 heavy (non-hydrogen) atoms. The van der Waals surface area contributed by atoms with Crippen molar-refractivity contribution in [3.05, 3.63) is 0 Å². The van der Waals surface area contributed by atoms with Crippen molar-refractivity contribution in [1.82, 2.24) is 4.31 Å². The summed E-state index contributed by atoms with van der Waals surface area (Å²) in [6.45, 7) is 3.46. The van der Waals surface area contributed by atoms with Crippen LogP contribution in [0.1, 0.15) is 51.9 Å². The van der Waals surface area contributed by atoms with E-state index in [0.717, 1.165) is 44.9 Å². The normalized spacial score (nSPS) is 21.1. The molecule has 1 saturated heterocycles. The van der Waals surface area contributed by atoms with E-state index in [9.17, 15) is 8.42 Å². The van der Waals surface area contributed by atoms with Crippen LogP contribution >= 0.6 is 0 Å². The van der Waals surface area contributed by atoms with Crippen LogP contribution in [0.2, 0.25) is 0 Å². The lowest BCUT2D eigenvalue weighted by Gasteiger charge is -2.22. The molecule has 1 rings (SSSR count). The first kappa shape index (κ1) is 14.9. The second-order valence-corrected chi connectivity index (χ2v) is 7.01. The highest BCUT2D eigenvalue weighted by Crippen LogP contribution is 2.14. The van der Waals surface area contributed by atoms with Crippen molar-refractivity contribution in [2.24, 2.45) is 5.73 Å². The van der Waals surface area contributed by atoms with Crippen molar-refractivity contribution in [3.8, 4) is 0 Å². The molecule has 102 valence electrons. The fourth-order valence-electron chi connectivity index (χ4n) is 2.25. The summed E-state index contributed by atoms with van der Waals surface area (Å²) < 4.78 is 26.0. The summed E-state index contributed by atoms with van der Waals surface area (Å²) in [5.41, 5.74) is 5.89. The van der Waals surface area contributed by atoms with E-state index in [4.69, 9.17) is 5.73 Å². The molecule has 5 heteroatoms. The molecule has 0 amide bonds. The third-order valence-corrected chi connectivity index (χ3v) is 5.31. The van der Waals surface area contributed by atoms with Gasteiger partial charge < -0.3 is 5.73 Å². The number of rotatable bonds is 6. The van der Waals surface area contributed by atoms with Crippen molar-refractivity contribution in [1.29, 1.82) is 0 Å².